The van der Waals surface area contributed by atoms with Crippen LogP contribution in [0.25, 0.3) is 0 Å². The summed E-state index contributed by atoms with van der Waals surface area (Å²) in [6.45, 7) is 3.77. The molecule has 0 aliphatic heterocycles. The fourth-order valence-corrected chi connectivity index (χ4v) is 1.22. The molecule has 0 spiro atoms. The maximum absolute atomic E-state index is 8.88. The van der Waals surface area contributed by atoms with Gasteiger partial charge in [-0.25, -0.2) is 0 Å². The van der Waals surface area contributed by atoms with Crippen LogP contribution in [0.1, 0.15) is 16.7 Å². The van der Waals surface area contributed by atoms with E-state index in [1.807, 2.05) is 26.0 Å². The van der Waals surface area contributed by atoms with Gasteiger partial charge in [0.1, 0.15) is 6.07 Å². The standard InChI is InChI=1S/C10H8N2S/c1-7-3-4-8(2)10(12-6-13)9(7)5-11/h3-4H,1-2H3. The van der Waals surface area contributed by atoms with Gasteiger partial charge in [0.15, 0.2) is 0 Å². The molecular formula is C10H8N2S. The number of thiocarbonyl (C=S) groups is 1. The highest BCUT2D eigenvalue weighted by Gasteiger charge is 2.06. The number of nitrogens with zero attached hydrogens (tertiary/aromatic N) is 2. The van der Waals surface area contributed by atoms with Crippen molar-refractivity contribution in [2.24, 2.45) is 4.99 Å². The molecule has 0 aliphatic rings. The fraction of sp³-hybridized carbons (Fsp3) is 0.200. The Kier molecular flexibility index (Phi) is 2.92. The predicted octanol–water partition coefficient (Wildman–Crippen LogP) is 2.91. The third-order valence-electron chi connectivity index (χ3n) is 1.86. The number of benzene rings is 1. The molecule has 0 heterocycles. The first kappa shape index (κ1) is 9.60. The Bertz CT molecular complexity index is 423. The molecule has 13 heavy (non-hydrogen) atoms. The van der Waals surface area contributed by atoms with E-state index in [0.29, 0.717) is 11.3 Å². The average molecular weight is 188 g/mol. The van der Waals surface area contributed by atoms with E-state index in [9.17, 15) is 0 Å². The van der Waals surface area contributed by atoms with Crippen LogP contribution in [-0.4, -0.2) is 5.16 Å². The molecule has 64 valence electrons. The zero-order valence-corrected chi connectivity index (χ0v) is 8.27. The Morgan fingerprint density at radius 2 is 1.92 bits per heavy atom. The lowest BCUT2D eigenvalue weighted by Crippen LogP contribution is -1.85. The molecule has 1 rings (SSSR count). The number of nitriles is 1. The summed E-state index contributed by atoms with van der Waals surface area (Å²) in [5.74, 6) is 0. The monoisotopic (exact) mass is 188 g/mol. The Hall–Kier alpha value is -1.49. The summed E-state index contributed by atoms with van der Waals surface area (Å²) in [6.07, 6.45) is 0. The number of isothiocyanates is 1. The summed E-state index contributed by atoms with van der Waals surface area (Å²) in [7, 11) is 0. The molecule has 0 bridgehead atoms. The number of aryl methyl sites for hydroxylation is 2. The highest BCUT2D eigenvalue weighted by Crippen LogP contribution is 2.25. The van der Waals surface area contributed by atoms with Crippen molar-refractivity contribution in [1.82, 2.24) is 0 Å². The minimum absolute atomic E-state index is 0.581. The summed E-state index contributed by atoms with van der Waals surface area (Å²) in [5, 5.41) is 11.2. The van der Waals surface area contributed by atoms with Gasteiger partial charge in [0.05, 0.1) is 16.4 Å². The van der Waals surface area contributed by atoms with Gasteiger partial charge in [-0.1, -0.05) is 12.1 Å². The first-order valence-electron chi connectivity index (χ1n) is 3.79. The SMILES string of the molecule is Cc1ccc(C)c(N=C=S)c1C#N. The topological polar surface area (TPSA) is 36.1 Å². The van der Waals surface area contributed by atoms with Gasteiger partial charge in [-0.2, -0.15) is 10.3 Å². The number of hydrogen-bond donors (Lipinski definition) is 0. The van der Waals surface area contributed by atoms with Gasteiger partial charge in [-0.05, 0) is 37.2 Å². The van der Waals surface area contributed by atoms with E-state index >= 15 is 0 Å². The first-order valence-corrected chi connectivity index (χ1v) is 4.19. The van der Waals surface area contributed by atoms with Crippen LogP contribution in [-0.2, 0) is 0 Å². The number of rotatable bonds is 1. The van der Waals surface area contributed by atoms with Crippen molar-refractivity contribution < 1.29 is 0 Å². The van der Waals surface area contributed by atoms with Gasteiger partial charge in [-0.15, -0.1) is 0 Å². The lowest BCUT2D eigenvalue weighted by Gasteiger charge is -2.03. The first-order chi connectivity index (χ1) is 6.20. The molecule has 0 fully saturated rings. The summed E-state index contributed by atoms with van der Waals surface area (Å²) in [5.41, 5.74) is 3.08. The second-order valence-corrected chi connectivity index (χ2v) is 2.92. The van der Waals surface area contributed by atoms with Gasteiger partial charge in [-0.3, -0.25) is 0 Å². The van der Waals surface area contributed by atoms with Crippen molar-refractivity contribution in [2.75, 3.05) is 0 Å². The molecule has 1 aromatic carbocycles. The summed E-state index contributed by atoms with van der Waals surface area (Å²) in [6, 6.07) is 5.93. The predicted molar refractivity (Wildman–Crippen MR) is 55.3 cm³/mol. The molecule has 2 nitrogen and oxygen atoms in total. The van der Waals surface area contributed by atoms with Crippen LogP contribution in [0.2, 0.25) is 0 Å². The Labute approximate surface area is 82.5 Å². The van der Waals surface area contributed by atoms with E-state index in [4.69, 9.17) is 5.26 Å². The number of hydrogen-bond acceptors (Lipinski definition) is 3. The molecule has 1 aromatic rings. The van der Waals surface area contributed by atoms with E-state index < -0.39 is 0 Å². The van der Waals surface area contributed by atoms with Crippen molar-refractivity contribution >= 4 is 23.1 Å². The van der Waals surface area contributed by atoms with Gasteiger partial charge < -0.3 is 0 Å². The van der Waals surface area contributed by atoms with Crippen LogP contribution in [0.3, 0.4) is 0 Å². The Morgan fingerprint density at radius 1 is 1.31 bits per heavy atom. The van der Waals surface area contributed by atoms with Gasteiger partial charge in [0.2, 0.25) is 0 Å². The molecule has 0 unspecified atom stereocenters. The van der Waals surface area contributed by atoms with Crippen molar-refractivity contribution in [3.05, 3.63) is 28.8 Å². The summed E-state index contributed by atoms with van der Waals surface area (Å²) >= 11 is 4.52. The minimum Gasteiger partial charge on any atom is -0.193 e. The minimum atomic E-state index is 0.581. The van der Waals surface area contributed by atoms with Crippen molar-refractivity contribution in [1.29, 1.82) is 5.26 Å². The zero-order valence-electron chi connectivity index (χ0n) is 7.46. The van der Waals surface area contributed by atoms with E-state index in [2.05, 4.69) is 28.4 Å². The molecular weight excluding hydrogens is 180 g/mol. The molecule has 0 N–H and O–H groups in total. The van der Waals surface area contributed by atoms with Gasteiger partial charge >= 0.3 is 0 Å². The Morgan fingerprint density at radius 3 is 2.46 bits per heavy atom. The molecule has 0 atom stereocenters. The maximum atomic E-state index is 8.88. The molecule has 3 heteroatoms. The fourth-order valence-electron chi connectivity index (χ4n) is 1.13. The lowest BCUT2D eigenvalue weighted by atomic mass is 10.0. The molecule has 0 saturated carbocycles. The quantitative estimate of drug-likeness (QED) is 0.502. The van der Waals surface area contributed by atoms with E-state index in [0.717, 1.165) is 11.1 Å². The van der Waals surface area contributed by atoms with Crippen molar-refractivity contribution in [2.45, 2.75) is 13.8 Å². The third-order valence-corrected chi connectivity index (χ3v) is 1.95. The van der Waals surface area contributed by atoms with Crippen LogP contribution in [0, 0.1) is 25.2 Å². The van der Waals surface area contributed by atoms with Crippen LogP contribution in [0.15, 0.2) is 17.1 Å². The summed E-state index contributed by atoms with van der Waals surface area (Å²) in [4.78, 5) is 3.88. The van der Waals surface area contributed by atoms with Gasteiger partial charge in [0.25, 0.3) is 0 Å². The van der Waals surface area contributed by atoms with Crippen molar-refractivity contribution in [3.63, 3.8) is 0 Å². The largest absolute Gasteiger partial charge is 0.193 e. The normalized spacial score (nSPS) is 8.69. The van der Waals surface area contributed by atoms with Crippen LogP contribution in [0.5, 0.6) is 0 Å². The Balaban J connectivity index is 3.54. The van der Waals surface area contributed by atoms with E-state index in [1.165, 1.54) is 0 Å². The molecule has 0 amide bonds. The smallest absolute Gasteiger partial charge is 0.102 e. The zero-order chi connectivity index (χ0) is 9.84. The van der Waals surface area contributed by atoms with Gasteiger partial charge in [0, 0.05) is 0 Å². The molecule has 0 aliphatic carbocycles. The summed E-state index contributed by atoms with van der Waals surface area (Å²) < 4.78 is 0. The highest BCUT2D eigenvalue weighted by molar-refractivity contribution is 7.78. The van der Waals surface area contributed by atoms with Crippen LogP contribution < -0.4 is 0 Å². The highest BCUT2D eigenvalue weighted by atomic mass is 32.1. The van der Waals surface area contributed by atoms with E-state index in [-0.39, 0.29) is 0 Å². The van der Waals surface area contributed by atoms with Crippen LogP contribution in [0.4, 0.5) is 5.69 Å². The molecule has 0 radical (unpaired) electrons. The third kappa shape index (κ3) is 1.81. The maximum Gasteiger partial charge on any atom is 0.102 e. The average Bonchev–Trinajstić information content (AvgIpc) is 2.12. The second kappa shape index (κ2) is 3.95. The van der Waals surface area contributed by atoms with E-state index in [1.54, 1.807) is 0 Å². The molecule has 0 aromatic heterocycles. The number of aliphatic imine (C=N–C) groups is 1. The lowest BCUT2D eigenvalue weighted by molar-refractivity contribution is 1.32. The molecule has 0 saturated heterocycles. The van der Waals surface area contributed by atoms with Crippen molar-refractivity contribution in [3.8, 4) is 6.07 Å². The van der Waals surface area contributed by atoms with Crippen LogP contribution >= 0.6 is 12.2 Å². The second-order valence-electron chi connectivity index (χ2n) is 2.74.